The molecule has 2 aromatic rings. The number of methoxy groups -OCH3 is 1. The van der Waals surface area contributed by atoms with Gasteiger partial charge in [0.15, 0.2) is 5.78 Å². The van der Waals surface area contributed by atoms with Crippen LogP contribution in [0.2, 0.25) is 5.02 Å². The molecule has 0 aliphatic carbocycles. The van der Waals surface area contributed by atoms with Gasteiger partial charge in [-0.2, -0.15) is 5.10 Å². The molecule has 0 spiro atoms. The Morgan fingerprint density at radius 2 is 2.28 bits per heavy atom. The number of carbonyl (C=O) groups is 1. The van der Waals surface area contributed by atoms with Crippen LogP contribution in [0.3, 0.4) is 0 Å². The molecule has 1 aromatic heterocycles. The largest absolute Gasteiger partial charge is 0.496 e. The summed E-state index contributed by atoms with van der Waals surface area (Å²) in [5.41, 5.74) is 1.77. The fourth-order valence-electron chi connectivity index (χ4n) is 3.43. The molecule has 0 radical (unpaired) electrons. The van der Waals surface area contributed by atoms with Crippen molar-refractivity contribution in [1.29, 1.82) is 0 Å². The van der Waals surface area contributed by atoms with Crippen molar-refractivity contribution in [3.05, 3.63) is 46.7 Å². The number of aryl methyl sites for hydroxylation is 1. The highest BCUT2D eigenvalue weighted by atomic mass is 35.5. The van der Waals surface area contributed by atoms with Gasteiger partial charge in [0.2, 0.25) is 0 Å². The summed E-state index contributed by atoms with van der Waals surface area (Å²) in [6.45, 7) is 5.54. The minimum Gasteiger partial charge on any atom is -0.496 e. The third-order valence-corrected chi connectivity index (χ3v) is 4.96. The number of ether oxygens (including phenoxy) is 1. The number of carbonyl (C=O) groups excluding carboxylic acids is 1. The van der Waals surface area contributed by atoms with Crippen molar-refractivity contribution in [2.45, 2.75) is 32.9 Å². The molecule has 1 unspecified atom stereocenters. The van der Waals surface area contributed by atoms with Gasteiger partial charge >= 0.3 is 0 Å². The standard InChI is InChI=1S/C19H24ClN3O2/c1-3-23-12-14(10-21-23)11-22-8-4-5-15(13-22)19(24)17-9-16(20)6-7-18(17)25-2/h6-7,9-10,12,15H,3-5,8,11,13H2,1-2H3. The first kappa shape index (κ1) is 18.0. The van der Waals surface area contributed by atoms with Crippen LogP contribution in [0.4, 0.5) is 0 Å². The lowest BCUT2D eigenvalue weighted by Gasteiger charge is -2.31. The number of benzene rings is 1. The predicted octanol–water partition coefficient (Wildman–Crippen LogP) is 3.66. The fraction of sp³-hybridized carbons (Fsp3) is 0.474. The molecule has 0 N–H and O–H groups in total. The Kier molecular flexibility index (Phi) is 5.76. The van der Waals surface area contributed by atoms with E-state index >= 15 is 0 Å². The maximum absolute atomic E-state index is 13.0. The molecule has 1 aliphatic rings. The van der Waals surface area contributed by atoms with Crippen LogP contribution in [-0.2, 0) is 13.1 Å². The summed E-state index contributed by atoms with van der Waals surface area (Å²) < 4.78 is 7.28. The van der Waals surface area contributed by atoms with Gasteiger partial charge in [0.1, 0.15) is 5.75 Å². The zero-order valence-electron chi connectivity index (χ0n) is 14.7. The molecule has 1 saturated heterocycles. The first-order valence-corrected chi connectivity index (χ1v) is 9.10. The lowest BCUT2D eigenvalue weighted by molar-refractivity contribution is 0.0808. The third-order valence-electron chi connectivity index (χ3n) is 4.72. The summed E-state index contributed by atoms with van der Waals surface area (Å²) in [6.07, 6.45) is 5.90. The van der Waals surface area contributed by atoms with Crippen molar-refractivity contribution in [3.8, 4) is 5.75 Å². The smallest absolute Gasteiger partial charge is 0.170 e. The molecule has 1 aromatic carbocycles. The SMILES string of the molecule is CCn1cc(CN2CCCC(C(=O)c3cc(Cl)ccc3OC)C2)cn1. The molecule has 134 valence electrons. The predicted molar refractivity (Wildman–Crippen MR) is 98.2 cm³/mol. The zero-order chi connectivity index (χ0) is 17.8. The summed E-state index contributed by atoms with van der Waals surface area (Å²) >= 11 is 6.08. The second-order valence-electron chi connectivity index (χ2n) is 6.49. The number of rotatable bonds is 6. The molecule has 2 heterocycles. The quantitative estimate of drug-likeness (QED) is 0.737. The summed E-state index contributed by atoms with van der Waals surface area (Å²) in [5, 5.41) is 4.89. The van der Waals surface area contributed by atoms with E-state index in [2.05, 4.69) is 23.1 Å². The van der Waals surface area contributed by atoms with E-state index in [1.165, 1.54) is 5.56 Å². The first-order chi connectivity index (χ1) is 12.1. The molecule has 0 bridgehead atoms. The van der Waals surface area contributed by atoms with E-state index in [4.69, 9.17) is 16.3 Å². The lowest BCUT2D eigenvalue weighted by atomic mass is 9.89. The van der Waals surface area contributed by atoms with Crippen molar-refractivity contribution in [3.63, 3.8) is 0 Å². The maximum atomic E-state index is 13.0. The van der Waals surface area contributed by atoms with Crippen LogP contribution in [0.15, 0.2) is 30.6 Å². The van der Waals surface area contributed by atoms with E-state index < -0.39 is 0 Å². The minimum absolute atomic E-state index is 0.0256. The van der Waals surface area contributed by atoms with Gasteiger partial charge in [-0.1, -0.05) is 11.6 Å². The van der Waals surface area contributed by atoms with Crippen molar-refractivity contribution < 1.29 is 9.53 Å². The van der Waals surface area contributed by atoms with E-state index in [0.717, 1.165) is 39.0 Å². The molecular weight excluding hydrogens is 338 g/mol. The molecule has 3 rings (SSSR count). The molecule has 1 aliphatic heterocycles. The second-order valence-corrected chi connectivity index (χ2v) is 6.92. The number of hydrogen-bond acceptors (Lipinski definition) is 4. The van der Waals surface area contributed by atoms with Gasteiger partial charge in [-0.25, -0.2) is 0 Å². The van der Waals surface area contributed by atoms with E-state index in [1.807, 2.05) is 10.9 Å². The van der Waals surface area contributed by atoms with E-state index in [-0.39, 0.29) is 11.7 Å². The number of Topliss-reactive ketones (excluding diaryl/α,β-unsaturated/α-hetero) is 1. The number of likely N-dealkylation sites (tertiary alicyclic amines) is 1. The van der Waals surface area contributed by atoms with E-state index in [9.17, 15) is 4.79 Å². The molecular formula is C19H24ClN3O2. The zero-order valence-corrected chi connectivity index (χ0v) is 15.5. The topological polar surface area (TPSA) is 47.4 Å². The second kappa shape index (κ2) is 8.02. The fourth-order valence-corrected chi connectivity index (χ4v) is 3.60. The highest BCUT2D eigenvalue weighted by Gasteiger charge is 2.28. The van der Waals surface area contributed by atoms with E-state index in [0.29, 0.717) is 16.3 Å². The molecule has 1 atom stereocenters. The molecule has 0 saturated carbocycles. The lowest BCUT2D eigenvalue weighted by Crippen LogP contribution is -2.38. The van der Waals surface area contributed by atoms with E-state index in [1.54, 1.807) is 25.3 Å². The highest BCUT2D eigenvalue weighted by molar-refractivity contribution is 6.31. The number of hydrogen-bond donors (Lipinski definition) is 0. The minimum atomic E-state index is -0.0256. The van der Waals surface area contributed by atoms with Crippen molar-refractivity contribution >= 4 is 17.4 Å². The van der Waals surface area contributed by atoms with Crippen molar-refractivity contribution in [2.75, 3.05) is 20.2 Å². The Morgan fingerprint density at radius 3 is 3.00 bits per heavy atom. The van der Waals surface area contributed by atoms with Gasteiger partial charge in [0, 0.05) is 42.3 Å². The van der Waals surface area contributed by atoms with Gasteiger partial charge in [0.05, 0.1) is 18.9 Å². The molecule has 1 fully saturated rings. The summed E-state index contributed by atoms with van der Waals surface area (Å²) in [6, 6.07) is 5.22. The maximum Gasteiger partial charge on any atom is 0.170 e. The summed E-state index contributed by atoms with van der Waals surface area (Å²) in [5.74, 6) is 0.686. The van der Waals surface area contributed by atoms with Crippen LogP contribution in [0.25, 0.3) is 0 Å². The number of piperidine rings is 1. The molecule has 5 nitrogen and oxygen atoms in total. The van der Waals surface area contributed by atoms with Crippen LogP contribution in [0.1, 0.15) is 35.7 Å². The molecule has 25 heavy (non-hydrogen) atoms. The average Bonchev–Trinajstić information content (AvgIpc) is 3.09. The Bertz CT molecular complexity index is 744. The summed E-state index contributed by atoms with van der Waals surface area (Å²) in [4.78, 5) is 15.3. The first-order valence-electron chi connectivity index (χ1n) is 8.72. The van der Waals surface area contributed by atoms with Crippen LogP contribution in [0.5, 0.6) is 5.75 Å². The highest BCUT2D eigenvalue weighted by Crippen LogP contribution is 2.29. The van der Waals surface area contributed by atoms with Crippen molar-refractivity contribution in [1.82, 2.24) is 14.7 Å². The van der Waals surface area contributed by atoms with Gasteiger partial charge in [-0.3, -0.25) is 14.4 Å². The monoisotopic (exact) mass is 361 g/mol. The molecule has 0 amide bonds. The van der Waals surface area contributed by atoms with Crippen molar-refractivity contribution in [2.24, 2.45) is 5.92 Å². The normalized spacial score (nSPS) is 18.3. The Labute approximate surface area is 153 Å². The third kappa shape index (κ3) is 4.22. The van der Waals surface area contributed by atoms with Gasteiger partial charge < -0.3 is 4.74 Å². The molecule has 6 heteroatoms. The number of ketones is 1. The van der Waals surface area contributed by atoms with Gasteiger partial charge in [0.25, 0.3) is 0 Å². The number of nitrogens with zero attached hydrogens (tertiary/aromatic N) is 3. The van der Waals surface area contributed by atoms with Crippen LogP contribution in [0, 0.1) is 5.92 Å². The van der Waals surface area contributed by atoms with Gasteiger partial charge in [-0.05, 0) is 44.5 Å². The Hall–Kier alpha value is -1.85. The van der Waals surface area contributed by atoms with Crippen LogP contribution >= 0.6 is 11.6 Å². The number of halogens is 1. The Balaban J connectivity index is 1.70. The Morgan fingerprint density at radius 1 is 1.44 bits per heavy atom. The summed E-state index contributed by atoms with van der Waals surface area (Å²) in [7, 11) is 1.58. The number of aromatic nitrogens is 2. The van der Waals surface area contributed by atoms with Crippen LogP contribution < -0.4 is 4.74 Å². The average molecular weight is 362 g/mol. The van der Waals surface area contributed by atoms with Crippen LogP contribution in [-0.4, -0.2) is 40.7 Å². The van der Waals surface area contributed by atoms with Gasteiger partial charge in [-0.15, -0.1) is 0 Å².